The number of thiophene rings is 2. The largest absolute Gasteiger partial charge is 0.208 e. The Bertz CT molecular complexity index is 2850. The van der Waals surface area contributed by atoms with E-state index in [0.29, 0.717) is 17.5 Å². The Morgan fingerprint density at radius 3 is 1.50 bits per heavy atom. The normalized spacial score (nSPS) is 11.6. The summed E-state index contributed by atoms with van der Waals surface area (Å²) in [7, 11) is 0. The molecule has 0 spiro atoms. The number of hydrogen-bond donors (Lipinski definition) is 0. The standard InChI is InChI=1S/C45H27N3S2/c1-2-9-28(10-3-1)29-17-21-31(22-18-29)43-46-44(48-45(47-43)33-25-26-36-35-11-4-6-14-38(35)50-41(36)27-33)32-23-19-30(20-24-32)34-13-8-16-40-42(34)37-12-5-7-15-39(37)49-40/h1-27H. The lowest BCUT2D eigenvalue weighted by Crippen LogP contribution is -2.00. The molecular weight excluding hydrogens is 647 g/mol. The first-order chi connectivity index (χ1) is 24.7. The second-order valence-corrected chi connectivity index (χ2v) is 14.6. The molecule has 3 heterocycles. The summed E-state index contributed by atoms with van der Waals surface area (Å²) in [6.45, 7) is 0. The van der Waals surface area contributed by atoms with E-state index in [2.05, 4.69) is 158 Å². The third kappa shape index (κ3) is 4.98. The van der Waals surface area contributed by atoms with E-state index >= 15 is 0 Å². The second-order valence-electron chi connectivity index (χ2n) is 12.4. The molecule has 0 aliphatic rings. The van der Waals surface area contributed by atoms with Gasteiger partial charge < -0.3 is 0 Å². The predicted molar refractivity (Wildman–Crippen MR) is 213 cm³/mol. The summed E-state index contributed by atoms with van der Waals surface area (Å²) in [4.78, 5) is 15.2. The summed E-state index contributed by atoms with van der Waals surface area (Å²) < 4.78 is 5.11. The van der Waals surface area contributed by atoms with Crippen molar-refractivity contribution in [3.8, 4) is 56.4 Å². The topological polar surface area (TPSA) is 38.7 Å². The average molecular weight is 674 g/mol. The van der Waals surface area contributed by atoms with Crippen molar-refractivity contribution in [1.29, 1.82) is 0 Å². The fourth-order valence-corrected chi connectivity index (χ4v) is 9.16. The molecule has 0 saturated heterocycles. The van der Waals surface area contributed by atoms with E-state index in [1.165, 1.54) is 57.0 Å². The van der Waals surface area contributed by atoms with Crippen LogP contribution in [0.2, 0.25) is 0 Å². The Kier molecular flexibility index (Phi) is 6.86. The van der Waals surface area contributed by atoms with Crippen LogP contribution in [0, 0.1) is 0 Å². The molecule has 234 valence electrons. The van der Waals surface area contributed by atoms with E-state index in [-0.39, 0.29) is 0 Å². The molecule has 10 aromatic rings. The third-order valence-electron chi connectivity index (χ3n) is 9.38. The maximum atomic E-state index is 5.09. The highest BCUT2D eigenvalue weighted by molar-refractivity contribution is 7.26. The van der Waals surface area contributed by atoms with Gasteiger partial charge in [0, 0.05) is 57.0 Å². The second kappa shape index (κ2) is 11.8. The van der Waals surface area contributed by atoms with E-state index in [9.17, 15) is 0 Å². The first-order valence-corrected chi connectivity index (χ1v) is 18.2. The van der Waals surface area contributed by atoms with Gasteiger partial charge in [0.15, 0.2) is 17.5 Å². The van der Waals surface area contributed by atoms with Crippen LogP contribution in [-0.4, -0.2) is 15.0 Å². The summed E-state index contributed by atoms with van der Waals surface area (Å²) in [6, 6.07) is 58.0. The highest BCUT2D eigenvalue weighted by Crippen LogP contribution is 2.41. The predicted octanol–water partition coefficient (Wildman–Crippen LogP) is 12.9. The molecule has 0 N–H and O–H groups in total. The van der Waals surface area contributed by atoms with Crippen molar-refractivity contribution in [2.24, 2.45) is 0 Å². The van der Waals surface area contributed by atoms with Crippen molar-refractivity contribution in [2.75, 3.05) is 0 Å². The Balaban J connectivity index is 1.09. The molecular formula is C45H27N3S2. The quantitative estimate of drug-likeness (QED) is 0.182. The lowest BCUT2D eigenvalue weighted by molar-refractivity contribution is 1.07. The highest BCUT2D eigenvalue weighted by Gasteiger charge is 2.16. The molecule has 0 unspecified atom stereocenters. The molecule has 0 aliphatic heterocycles. The molecule has 7 aromatic carbocycles. The van der Waals surface area contributed by atoms with E-state index in [4.69, 9.17) is 15.0 Å². The van der Waals surface area contributed by atoms with Crippen molar-refractivity contribution in [3.63, 3.8) is 0 Å². The molecule has 3 nitrogen and oxygen atoms in total. The van der Waals surface area contributed by atoms with E-state index in [1.807, 2.05) is 17.4 Å². The number of benzene rings is 7. The van der Waals surface area contributed by atoms with Crippen LogP contribution >= 0.6 is 22.7 Å². The Hall–Kier alpha value is -6.01. The number of nitrogens with zero attached hydrogens (tertiary/aromatic N) is 3. The van der Waals surface area contributed by atoms with Gasteiger partial charge in [-0.15, -0.1) is 22.7 Å². The van der Waals surface area contributed by atoms with Gasteiger partial charge in [0.05, 0.1) is 0 Å². The fourth-order valence-electron chi connectivity index (χ4n) is 6.88. The lowest BCUT2D eigenvalue weighted by Gasteiger charge is -2.10. The first-order valence-electron chi connectivity index (χ1n) is 16.6. The molecule has 5 heteroatoms. The molecule has 0 atom stereocenters. The summed E-state index contributed by atoms with van der Waals surface area (Å²) in [5.74, 6) is 1.97. The minimum atomic E-state index is 0.652. The number of rotatable bonds is 5. The van der Waals surface area contributed by atoms with Gasteiger partial charge in [-0.3, -0.25) is 0 Å². The van der Waals surface area contributed by atoms with Gasteiger partial charge in [-0.05, 0) is 46.5 Å². The molecule has 50 heavy (non-hydrogen) atoms. The molecule has 0 saturated carbocycles. The SMILES string of the molecule is c1ccc(-c2ccc(-c3nc(-c4ccc(-c5cccc6sc7ccccc7c56)cc4)nc(-c4ccc5c(c4)sc4ccccc45)n3)cc2)cc1. The van der Waals surface area contributed by atoms with Crippen LogP contribution in [0.1, 0.15) is 0 Å². The maximum Gasteiger partial charge on any atom is 0.164 e. The summed E-state index contributed by atoms with van der Waals surface area (Å²) in [6.07, 6.45) is 0. The van der Waals surface area contributed by atoms with Crippen molar-refractivity contribution in [2.45, 2.75) is 0 Å². The van der Waals surface area contributed by atoms with E-state index in [0.717, 1.165) is 22.3 Å². The van der Waals surface area contributed by atoms with Crippen LogP contribution < -0.4 is 0 Å². The number of aromatic nitrogens is 3. The third-order valence-corrected chi connectivity index (χ3v) is 11.6. The average Bonchev–Trinajstić information content (AvgIpc) is 3.76. The maximum absolute atomic E-state index is 5.09. The smallest absolute Gasteiger partial charge is 0.164 e. The van der Waals surface area contributed by atoms with Gasteiger partial charge in [-0.2, -0.15) is 0 Å². The minimum Gasteiger partial charge on any atom is -0.208 e. The monoisotopic (exact) mass is 673 g/mol. The summed E-state index contributed by atoms with van der Waals surface area (Å²) >= 11 is 3.65. The van der Waals surface area contributed by atoms with Crippen LogP contribution in [-0.2, 0) is 0 Å². The van der Waals surface area contributed by atoms with Crippen molar-refractivity contribution in [1.82, 2.24) is 15.0 Å². The number of fused-ring (bicyclic) bond motifs is 6. The van der Waals surface area contributed by atoms with E-state index in [1.54, 1.807) is 11.3 Å². The lowest BCUT2D eigenvalue weighted by atomic mass is 9.98. The zero-order chi connectivity index (χ0) is 33.0. The van der Waals surface area contributed by atoms with Gasteiger partial charge in [-0.1, -0.05) is 140 Å². The fraction of sp³-hybridized carbons (Fsp3) is 0. The Morgan fingerprint density at radius 2 is 0.780 bits per heavy atom. The van der Waals surface area contributed by atoms with Crippen molar-refractivity contribution in [3.05, 3.63) is 164 Å². The van der Waals surface area contributed by atoms with Gasteiger partial charge in [0.1, 0.15) is 0 Å². The van der Waals surface area contributed by atoms with Crippen LogP contribution in [0.3, 0.4) is 0 Å². The molecule has 0 bridgehead atoms. The summed E-state index contributed by atoms with van der Waals surface area (Å²) in [5, 5.41) is 5.14. The van der Waals surface area contributed by atoms with Crippen LogP contribution in [0.15, 0.2) is 164 Å². The Labute approximate surface area is 296 Å². The van der Waals surface area contributed by atoms with Gasteiger partial charge >= 0.3 is 0 Å². The molecule has 0 fully saturated rings. The van der Waals surface area contributed by atoms with Crippen LogP contribution in [0.4, 0.5) is 0 Å². The molecule has 3 aromatic heterocycles. The molecule has 0 aliphatic carbocycles. The van der Waals surface area contributed by atoms with Crippen LogP contribution in [0.25, 0.3) is 96.8 Å². The molecule has 10 rings (SSSR count). The van der Waals surface area contributed by atoms with E-state index < -0.39 is 0 Å². The minimum absolute atomic E-state index is 0.652. The zero-order valence-corrected chi connectivity index (χ0v) is 28.4. The van der Waals surface area contributed by atoms with Gasteiger partial charge in [0.25, 0.3) is 0 Å². The number of hydrogen-bond acceptors (Lipinski definition) is 5. The molecule has 0 radical (unpaired) electrons. The van der Waals surface area contributed by atoms with Crippen molar-refractivity contribution < 1.29 is 0 Å². The van der Waals surface area contributed by atoms with Gasteiger partial charge in [-0.25, -0.2) is 15.0 Å². The van der Waals surface area contributed by atoms with Crippen molar-refractivity contribution >= 4 is 63.0 Å². The summed E-state index contributed by atoms with van der Waals surface area (Å²) in [5.41, 5.74) is 7.61. The first kappa shape index (κ1) is 29.0. The molecule has 0 amide bonds. The Morgan fingerprint density at radius 1 is 0.300 bits per heavy atom. The highest BCUT2D eigenvalue weighted by atomic mass is 32.1. The van der Waals surface area contributed by atoms with Crippen LogP contribution in [0.5, 0.6) is 0 Å². The zero-order valence-electron chi connectivity index (χ0n) is 26.7. The van der Waals surface area contributed by atoms with Gasteiger partial charge in [0.2, 0.25) is 0 Å².